The molecule has 0 aliphatic heterocycles. The Morgan fingerprint density at radius 3 is 2.67 bits per heavy atom. The lowest BCUT2D eigenvalue weighted by Gasteiger charge is -2.05. The number of carbonyl (C=O) groups is 3. The molecular formula is C19H19BrN2O4S. The number of hydrogen-bond donors (Lipinski definition) is 2. The minimum absolute atomic E-state index is 0.194. The van der Waals surface area contributed by atoms with E-state index in [2.05, 4.69) is 26.6 Å². The average molecular weight is 451 g/mol. The number of carbonyl (C=O) groups excluding carboxylic acids is 3. The summed E-state index contributed by atoms with van der Waals surface area (Å²) in [7, 11) is 1.50. The van der Waals surface area contributed by atoms with Crippen molar-refractivity contribution in [1.29, 1.82) is 0 Å². The van der Waals surface area contributed by atoms with Crippen molar-refractivity contribution in [2.24, 2.45) is 0 Å². The Hall–Kier alpha value is -2.45. The normalized spacial score (nSPS) is 10.7. The van der Waals surface area contributed by atoms with Crippen LogP contribution < -0.4 is 10.6 Å². The van der Waals surface area contributed by atoms with Crippen LogP contribution in [0.2, 0.25) is 0 Å². The van der Waals surface area contributed by atoms with Gasteiger partial charge in [0.1, 0.15) is 5.00 Å². The highest BCUT2D eigenvalue weighted by Gasteiger charge is 2.25. The molecule has 142 valence electrons. The summed E-state index contributed by atoms with van der Waals surface area (Å²) in [6, 6.07) is 7.47. The van der Waals surface area contributed by atoms with E-state index in [0.29, 0.717) is 10.4 Å². The number of nitrogens with one attached hydrogen (secondary N) is 2. The van der Waals surface area contributed by atoms with E-state index in [0.717, 1.165) is 21.4 Å². The summed E-state index contributed by atoms with van der Waals surface area (Å²) < 4.78 is 5.96. The molecule has 1 heterocycles. The fourth-order valence-electron chi connectivity index (χ4n) is 2.32. The highest BCUT2D eigenvalue weighted by molar-refractivity contribution is 9.10. The molecule has 2 rings (SSSR count). The maximum Gasteiger partial charge on any atom is 0.341 e. The van der Waals surface area contributed by atoms with Crippen LogP contribution >= 0.6 is 27.3 Å². The topological polar surface area (TPSA) is 84.5 Å². The maximum atomic E-state index is 12.3. The number of esters is 1. The highest BCUT2D eigenvalue weighted by Crippen LogP contribution is 2.33. The summed E-state index contributed by atoms with van der Waals surface area (Å²) in [5, 5.41) is 5.49. The molecule has 27 heavy (non-hydrogen) atoms. The van der Waals surface area contributed by atoms with Gasteiger partial charge in [-0.15, -0.1) is 11.3 Å². The largest absolute Gasteiger partial charge is 0.462 e. The molecule has 0 fully saturated rings. The van der Waals surface area contributed by atoms with Gasteiger partial charge in [-0.2, -0.15) is 0 Å². The third-order valence-electron chi connectivity index (χ3n) is 3.57. The summed E-state index contributed by atoms with van der Waals surface area (Å²) >= 11 is 4.41. The third kappa shape index (κ3) is 5.27. The molecule has 0 radical (unpaired) electrons. The Labute approximate surface area is 169 Å². The van der Waals surface area contributed by atoms with Crippen molar-refractivity contribution >= 4 is 56.1 Å². The smallest absolute Gasteiger partial charge is 0.341 e. The van der Waals surface area contributed by atoms with Crippen LogP contribution in [0.1, 0.15) is 38.1 Å². The number of thiophene rings is 1. The molecule has 0 aliphatic carbocycles. The molecule has 8 heteroatoms. The Morgan fingerprint density at radius 1 is 1.30 bits per heavy atom. The first-order valence-corrected chi connectivity index (χ1v) is 9.75. The van der Waals surface area contributed by atoms with Crippen LogP contribution in [-0.2, 0) is 9.53 Å². The minimum atomic E-state index is -0.576. The Morgan fingerprint density at radius 2 is 2.04 bits per heavy atom. The van der Waals surface area contributed by atoms with Gasteiger partial charge in [-0.25, -0.2) is 4.79 Å². The van der Waals surface area contributed by atoms with Gasteiger partial charge in [0.15, 0.2) is 0 Å². The molecule has 0 aliphatic rings. The molecule has 0 saturated carbocycles. The van der Waals surface area contributed by atoms with Gasteiger partial charge in [-0.1, -0.05) is 28.1 Å². The second-order valence-electron chi connectivity index (χ2n) is 5.44. The Kier molecular flexibility index (Phi) is 7.32. The van der Waals surface area contributed by atoms with Crippen molar-refractivity contribution in [3.05, 3.63) is 56.4 Å². The second-order valence-corrected chi connectivity index (χ2v) is 7.37. The molecule has 0 unspecified atom stereocenters. The molecule has 2 aromatic rings. The summed E-state index contributed by atoms with van der Waals surface area (Å²) in [5.41, 5.74) is 1.52. The van der Waals surface area contributed by atoms with Gasteiger partial charge in [0, 0.05) is 17.6 Å². The number of ether oxygens (including phenoxy) is 1. The van der Waals surface area contributed by atoms with E-state index in [4.69, 9.17) is 4.74 Å². The molecule has 1 aromatic heterocycles. The molecule has 2 N–H and O–H groups in total. The van der Waals surface area contributed by atoms with Crippen molar-refractivity contribution in [2.75, 3.05) is 19.0 Å². The van der Waals surface area contributed by atoms with Crippen molar-refractivity contribution < 1.29 is 19.1 Å². The maximum absolute atomic E-state index is 12.3. The third-order valence-corrected chi connectivity index (χ3v) is 5.27. The zero-order valence-corrected chi connectivity index (χ0v) is 17.5. The summed E-state index contributed by atoms with van der Waals surface area (Å²) in [4.78, 5) is 37.0. The van der Waals surface area contributed by atoms with E-state index in [1.807, 2.05) is 24.3 Å². The average Bonchev–Trinajstić information content (AvgIpc) is 2.95. The van der Waals surface area contributed by atoms with E-state index in [1.54, 1.807) is 19.9 Å². The highest BCUT2D eigenvalue weighted by atomic mass is 79.9. The zero-order chi connectivity index (χ0) is 20.0. The summed E-state index contributed by atoms with van der Waals surface area (Å²) in [5.74, 6) is -1.31. The standard InChI is InChI=1S/C19H19BrN2O4S/c1-4-26-19(25)15-11(2)16(17(24)21-3)27-18(15)22-14(23)9-8-12-6-5-7-13(20)10-12/h5-10H,4H2,1-3H3,(H,21,24)(H,22,23)/b9-8+. The molecule has 0 spiro atoms. The molecular weight excluding hydrogens is 432 g/mol. The molecule has 2 amide bonds. The van der Waals surface area contributed by atoms with Gasteiger partial charge >= 0.3 is 5.97 Å². The fourth-order valence-corrected chi connectivity index (χ4v) is 3.88. The number of rotatable bonds is 6. The SMILES string of the molecule is CCOC(=O)c1c(NC(=O)/C=C/c2cccc(Br)c2)sc(C(=O)NC)c1C. The van der Waals surface area contributed by atoms with E-state index < -0.39 is 11.9 Å². The van der Waals surface area contributed by atoms with Crippen molar-refractivity contribution in [3.63, 3.8) is 0 Å². The van der Waals surface area contributed by atoms with E-state index in [9.17, 15) is 14.4 Å². The number of halogens is 1. The van der Waals surface area contributed by atoms with E-state index in [1.165, 1.54) is 13.1 Å². The predicted molar refractivity (Wildman–Crippen MR) is 110 cm³/mol. The quantitative estimate of drug-likeness (QED) is 0.514. The van der Waals surface area contributed by atoms with Crippen LogP contribution in [-0.4, -0.2) is 31.4 Å². The zero-order valence-electron chi connectivity index (χ0n) is 15.1. The lowest BCUT2D eigenvalue weighted by molar-refractivity contribution is -0.111. The number of amides is 2. The van der Waals surface area contributed by atoms with Crippen LogP contribution in [0, 0.1) is 6.92 Å². The lowest BCUT2D eigenvalue weighted by atomic mass is 10.1. The van der Waals surface area contributed by atoms with Crippen LogP contribution in [0.3, 0.4) is 0 Å². The van der Waals surface area contributed by atoms with Crippen LogP contribution in [0.4, 0.5) is 5.00 Å². The first kappa shape index (κ1) is 20.9. The molecule has 0 atom stereocenters. The van der Waals surface area contributed by atoms with Gasteiger partial charge in [0.25, 0.3) is 5.91 Å². The monoisotopic (exact) mass is 450 g/mol. The van der Waals surface area contributed by atoms with Crippen molar-refractivity contribution in [1.82, 2.24) is 5.32 Å². The summed E-state index contributed by atoms with van der Waals surface area (Å²) in [6.45, 7) is 3.54. The number of benzene rings is 1. The van der Waals surface area contributed by atoms with Gasteiger partial charge in [-0.05, 0) is 43.2 Å². The van der Waals surface area contributed by atoms with Crippen LogP contribution in [0.25, 0.3) is 6.08 Å². The van der Waals surface area contributed by atoms with E-state index >= 15 is 0 Å². The van der Waals surface area contributed by atoms with Gasteiger partial charge in [0.2, 0.25) is 5.91 Å². The lowest BCUT2D eigenvalue weighted by Crippen LogP contribution is -2.17. The first-order chi connectivity index (χ1) is 12.9. The van der Waals surface area contributed by atoms with Crippen molar-refractivity contribution in [3.8, 4) is 0 Å². The summed E-state index contributed by atoms with van der Waals surface area (Å²) in [6.07, 6.45) is 3.02. The minimum Gasteiger partial charge on any atom is -0.462 e. The number of hydrogen-bond acceptors (Lipinski definition) is 5. The second kappa shape index (κ2) is 9.48. The van der Waals surface area contributed by atoms with Gasteiger partial charge < -0.3 is 15.4 Å². The molecule has 6 nitrogen and oxygen atoms in total. The first-order valence-electron chi connectivity index (χ1n) is 8.14. The Balaban J connectivity index is 2.29. The molecule has 1 aromatic carbocycles. The predicted octanol–water partition coefficient (Wildman–Crippen LogP) is 4.01. The fraction of sp³-hybridized carbons (Fsp3) is 0.211. The van der Waals surface area contributed by atoms with E-state index in [-0.39, 0.29) is 23.1 Å². The molecule has 0 bridgehead atoms. The molecule has 0 saturated heterocycles. The van der Waals surface area contributed by atoms with Gasteiger partial charge in [-0.3, -0.25) is 9.59 Å². The van der Waals surface area contributed by atoms with Crippen LogP contribution in [0.5, 0.6) is 0 Å². The van der Waals surface area contributed by atoms with Crippen LogP contribution in [0.15, 0.2) is 34.8 Å². The number of anilines is 1. The van der Waals surface area contributed by atoms with Gasteiger partial charge in [0.05, 0.1) is 17.0 Å². The Bertz CT molecular complexity index is 905. The van der Waals surface area contributed by atoms with Crippen molar-refractivity contribution in [2.45, 2.75) is 13.8 Å².